The molecule has 1 atom stereocenters. The van der Waals surface area contributed by atoms with E-state index in [0.29, 0.717) is 22.5 Å². The Labute approximate surface area is 188 Å². The highest BCUT2D eigenvalue weighted by molar-refractivity contribution is 6.32. The lowest BCUT2D eigenvalue weighted by molar-refractivity contribution is -0.152. The van der Waals surface area contributed by atoms with Crippen LogP contribution in [0.25, 0.3) is 0 Å². The van der Waals surface area contributed by atoms with Gasteiger partial charge in [-0.25, -0.2) is 0 Å². The Morgan fingerprint density at radius 3 is 2.55 bits per heavy atom. The van der Waals surface area contributed by atoms with Gasteiger partial charge in [0.15, 0.2) is 0 Å². The molecule has 0 aromatic heterocycles. The van der Waals surface area contributed by atoms with Crippen molar-refractivity contribution >= 4 is 29.1 Å². The fourth-order valence-electron chi connectivity index (χ4n) is 6.21. The van der Waals surface area contributed by atoms with E-state index in [2.05, 4.69) is 16.0 Å². The molecule has 2 aliphatic carbocycles. The van der Waals surface area contributed by atoms with Crippen LogP contribution in [0.5, 0.6) is 0 Å². The van der Waals surface area contributed by atoms with Crippen LogP contribution in [0.3, 0.4) is 0 Å². The van der Waals surface area contributed by atoms with Crippen LogP contribution in [0.2, 0.25) is 5.02 Å². The second kappa shape index (κ2) is 8.02. The third-order valence-corrected chi connectivity index (χ3v) is 8.42. The molecule has 7 heteroatoms. The predicted molar refractivity (Wildman–Crippen MR) is 120 cm³/mol. The second-order valence-electron chi connectivity index (χ2n) is 9.88. The minimum Gasteiger partial charge on any atom is -0.481 e. The van der Waals surface area contributed by atoms with Gasteiger partial charge in [-0.3, -0.25) is 9.80 Å². The highest BCUT2D eigenvalue weighted by Gasteiger charge is 2.49. The number of hydrazone groups is 1. The van der Waals surface area contributed by atoms with Gasteiger partial charge in [-0.05, 0) is 68.1 Å². The molecule has 4 aliphatic rings. The number of hydrogen-bond donors (Lipinski definition) is 1. The van der Waals surface area contributed by atoms with Crippen molar-refractivity contribution in [2.45, 2.75) is 63.8 Å². The summed E-state index contributed by atoms with van der Waals surface area (Å²) in [6, 6.07) is 8.11. The number of piperidine rings is 1. The second-order valence-corrected chi connectivity index (χ2v) is 10.3. The smallest absolute Gasteiger partial charge is 0.306 e. The van der Waals surface area contributed by atoms with Crippen LogP contribution in [-0.4, -0.2) is 40.9 Å². The molecule has 1 aromatic rings. The highest BCUT2D eigenvalue weighted by Crippen LogP contribution is 2.53. The molecule has 1 saturated heterocycles. The first kappa shape index (κ1) is 20.6. The summed E-state index contributed by atoms with van der Waals surface area (Å²) in [6.07, 6.45) is 9.81. The summed E-state index contributed by atoms with van der Waals surface area (Å²) in [5.41, 5.74) is 1.70. The third kappa shape index (κ3) is 3.78. The Hall–Kier alpha value is -2.26. The minimum atomic E-state index is -0.635. The first-order valence-corrected chi connectivity index (χ1v) is 11.9. The normalized spacial score (nSPS) is 26.1. The third-order valence-electron chi connectivity index (χ3n) is 8.11. The first-order valence-electron chi connectivity index (χ1n) is 11.5. The number of amidine groups is 1. The molecule has 164 valence electrons. The molecule has 0 radical (unpaired) electrons. The number of anilines is 1. The molecule has 31 heavy (non-hydrogen) atoms. The van der Waals surface area contributed by atoms with Gasteiger partial charge >= 0.3 is 5.97 Å². The van der Waals surface area contributed by atoms with Crippen LogP contribution in [0, 0.1) is 28.6 Å². The van der Waals surface area contributed by atoms with Crippen molar-refractivity contribution in [3.8, 4) is 6.07 Å². The van der Waals surface area contributed by atoms with E-state index in [1.54, 1.807) is 6.07 Å². The summed E-state index contributed by atoms with van der Waals surface area (Å²) in [4.78, 5) is 13.6. The number of nitrogens with zero attached hydrogens (tertiary/aromatic N) is 4. The molecule has 2 saturated carbocycles. The van der Waals surface area contributed by atoms with Crippen LogP contribution in [0.15, 0.2) is 23.3 Å². The van der Waals surface area contributed by atoms with E-state index in [1.807, 2.05) is 12.1 Å². The zero-order chi connectivity index (χ0) is 21.6. The topological polar surface area (TPSA) is 79.9 Å². The number of aliphatic carboxylic acids is 1. The molecule has 3 fully saturated rings. The van der Waals surface area contributed by atoms with Crippen LogP contribution in [-0.2, 0) is 4.79 Å². The summed E-state index contributed by atoms with van der Waals surface area (Å²) in [6.45, 7) is 1.93. The number of hydrogen-bond acceptors (Lipinski definition) is 5. The number of rotatable bonds is 3. The van der Waals surface area contributed by atoms with Crippen LogP contribution >= 0.6 is 11.6 Å². The number of carboxylic acid groups (broad SMARTS) is 1. The van der Waals surface area contributed by atoms with Gasteiger partial charge in [-0.2, -0.15) is 10.4 Å². The summed E-state index contributed by atoms with van der Waals surface area (Å²) in [7, 11) is 0. The molecule has 2 aliphatic heterocycles. The maximum atomic E-state index is 11.2. The van der Waals surface area contributed by atoms with Gasteiger partial charge in [-0.1, -0.05) is 24.4 Å². The number of carboxylic acids is 1. The van der Waals surface area contributed by atoms with Gasteiger partial charge < -0.3 is 10.0 Å². The van der Waals surface area contributed by atoms with Crippen molar-refractivity contribution < 1.29 is 9.90 Å². The maximum absolute atomic E-state index is 11.2. The Bertz CT molecular complexity index is 933. The Kier molecular flexibility index (Phi) is 5.34. The van der Waals surface area contributed by atoms with Gasteiger partial charge in [0.05, 0.1) is 28.2 Å². The molecule has 1 N–H and O–H groups in total. The minimum absolute atomic E-state index is 0.140. The highest BCUT2D eigenvalue weighted by atomic mass is 35.5. The lowest BCUT2D eigenvalue weighted by Crippen LogP contribution is -2.50. The number of benzene rings is 1. The predicted octanol–water partition coefficient (Wildman–Crippen LogP) is 4.87. The lowest BCUT2D eigenvalue weighted by Gasteiger charge is -2.51. The first-order chi connectivity index (χ1) is 15.0. The van der Waals surface area contributed by atoms with E-state index in [-0.39, 0.29) is 11.3 Å². The number of halogens is 1. The van der Waals surface area contributed by atoms with Crippen LogP contribution in [0.1, 0.15) is 63.4 Å². The van der Waals surface area contributed by atoms with E-state index in [0.717, 1.165) is 56.7 Å². The number of likely N-dealkylation sites (tertiary alicyclic amines) is 1. The average Bonchev–Trinajstić information content (AvgIpc) is 3.41. The molecule has 5 rings (SSSR count). The molecule has 1 unspecified atom stereocenters. The molecule has 6 nitrogen and oxygen atoms in total. The lowest BCUT2D eigenvalue weighted by atomic mass is 9.57. The molecular formula is C24H29ClN4O2. The Morgan fingerprint density at radius 1 is 1.23 bits per heavy atom. The largest absolute Gasteiger partial charge is 0.481 e. The molecule has 1 aromatic carbocycles. The van der Waals surface area contributed by atoms with Crippen molar-refractivity contribution in [2.24, 2.45) is 22.4 Å². The fourth-order valence-corrected chi connectivity index (χ4v) is 6.42. The van der Waals surface area contributed by atoms with Crippen molar-refractivity contribution in [2.75, 3.05) is 18.1 Å². The van der Waals surface area contributed by atoms with Crippen LogP contribution < -0.4 is 5.01 Å². The molecule has 0 bridgehead atoms. The number of carbonyl (C=O) groups is 1. The monoisotopic (exact) mass is 440 g/mol. The van der Waals surface area contributed by atoms with Crippen LogP contribution in [0.4, 0.5) is 5.69 Å². The fraction of sp³-hybridized carbons (Fsp3) is 0.625. The van der Waals surface area contributed by atoms with E-state index >= 15 is 0 Å². The number of nitriles is 1. The summed E-state index contributed by atoms with van der Waals surface area (Å²) >= 11 is 6.34. The quantitative estimate of drug-likeness (QED) is 0.725. The Balaban J connectivity index is 1.32. The summed E-state index contributed by atoms with van der Waals surface area (Å²) in [5, 5.41) is 26.2. The van der Waals surface area contributed by atoms with Gasteiger partial charge in [0.1, 0.15) is 11.9 Å². The van der Waals surface area contributed by atoms with E-state index in [4.69, 9.17) is 16.7 Å². The van der Waals surface area contributed by atoms with Crippen molar-refractivity contribution in [1.82, 2.24) is 4.90 Å². The maximum Gasteiger partial charge on any atom is 0.306 e. The Morgan fingerprint density at radius 2 is 1.94 bits per heavy atom. The van der Waals surface area contributed by atoms with E-state index in [1.165, 1.54) is 25.7 Å². The van der Waals surface area contributed by atoms with Gasteiger partial charge in [0.2, 0.25) is 0 Å². The zero-order valence-corrected chi connectivity index (χ0v) is 18.5. The van der Waals surface area contributed by atoms with Gasteiger partial charge in [-0.15, -0.1) is 0 Å². The van der Waals surface area contributed by atoms with Crippen molar-refractivity contribution in [1.29, 1.82) is 5.26 Å². The standard InChI is InChI=1S/C24H29ClN4O2/c25-20-11-19(6-5-17(20)15-26)29-21(16-3-1-2-4-16)12-22(27-29)28-9-7-24(8-10-28)13-18(14-24)23(30)31/h5-6,11,16,18,21H,1-4,7-10,12-14H2,(H,30,31). The molecular weight excluding hydrogens is 412 g/mol. The van der Waals surface area contributed by atoms with E-state index < -0.39 is 5.97 Å². The SMILES string of the molecule is N#Cc1ccc(N2N=C(N3CCC4(CC3)CC(C(=O)O)C4)CC2C2CCCC2)cc1Cl. The zero-order valence-electron chi connectivity index (χ0n) is 17.8. The molecule has 1 spiro atoms. The molecule has 2 heterocycles. The average molecular weight is 441 g/mol. The van der Waals surface area contributed by atoms with Gasteiger partial charge in [0, 0.05) is 19.5 Å². The van der Waals surface area contributed by atoms with E-state index in [9.17, 15) is 15.2 Å². The molecule has 0 amide bonds. The van der Waals surface area contributed by atoms with Crippen molar-refractivity contribution in [3.63, 3.8) is 0 Å². The van der Waals surface area contributed by atoms with Crippen molar-refractivity contribution in [3.05, 3.63) is 28.8 Å². The summed E-state index contributed by atoms with van der Waals surface area (Å²) in [5.74, 6) is 1.01. The van der Waals surface area contributed by atoms with Gasteiger partial charge in [0.25, 0.3) is 0 Å². The summed E-state index contributed by atoms with van der Waals surface area (Å²) < 4.78 is 0.